The molecule has 0 aliphatic carbocycles. The maximum atomic E-state index is 12.6. The Morgan fingerprint density at radius 1 is 0.667 bits per heavy atom. The average Bonchev–Trinajstić information content (AvgIpc) is 3.13. The van der Waals surface area contributed by atoms with Crippen LogP contribution in [0.1, 0.15) is 104 Å². The van der Waals surface area contributed by atoms with Gasteiger partial charge in [-0.2, -0.15) is 21.9 Å². The number of ether oxygens (including phenoxy) is 1. The van der Waals surface area contributed by atoms with Crippen molar-refractivity contribution in [2.75, 3.05) is 10.6 Å². The molecule has 57 heavy (non-hydrogen) atoms. The summed E-state index contributed by atoms with van der Waals surface area (Å²) in [6.45, 7) is 3.33. The summed E-state index contributed by atoms with van der Waals surface area (Å²) in [4.78, 5) is 22.8. The summed E-state index contributed by atoms with van der Waals surface area (Å²) in [5.41, 5.74) is -0.668. The molecule has 0 radical (unpaired) electrons. The van der Waals surface area contributed by atoms with Crippen molar-refractivity contribution in [3.8, 4) is 23.0 Å². The minimum Gasteiger partial charge on any atom is -0.506 e. The highest BCUT2D eigenvalue weighted by molar-refractivity contribution is 7.86. The van der Waals surface area contributed by atoms with Gasteiger partial charge in [-0.25, -0.2) is 0 Å². The van der Waals surface area contributed by atoms with Gasteiger partial charge in [-0.3, -0.25) is 18.7 Å². The topological polar surface area (TPSA) is 241 Å². The summed E-state index contributed by atoms with van der Waals surface area (Å²) in [6, 6.07) is 12.8. The fourth-order valence-electron chi connectivity index (χ4n) is 6.21. The molecule has 0 bridgehead atoms. The van der Waals surface area contributed by atoms with E-state index in [0.29, 0.717) is 17.9 Å². The summed E-state index contributed by atoms with van der Waals surface area (Å²) >= 11 is 0. The predicted octanol–water partition coefficient (Wildman–Crippen LogP) is 10.3. The molecular weight excluding hydrogens is 777 g/mol. The van der Waals surface area contributed by atoms with Crippen LogP contribution in [0.15, 0.2) is 80.7 Å². The number of aromatic hydroxyl groups is 2. The van der Waals surface area contributed by atoms with Crippen molar-refractivity contribution in [2.24, 2.45) is 10.2 Å². The number of benzene rings is 4. The van der Waals surface area contributed by atoms with Crippen LogP contribution in [0.2, 0.25) is 0 Å². The molecule has 17 heteroatoms. The van der Waals surface area contributed by atoms with E-state index in [1.165, 1.54) is 100 Å². The summed E-state index contributed by atoms with van der Waals surface area (Å²) in [5.74, 6) is -1.25. The zero-order valence-electron chi connectivity index (χ0n) is 32.0. The number of hydrogen-bond acceptors (Lipinski definition) is 11. The Bertz CT molecular complexity index is 2280. The van der Waals surface area contributed by atoms with E-state index in [9.17, 15) is 45.7 Å². The molecule has 0 unspecified atom stereocenters. The summed E-state index contributed by atoms with van der Waals surface area (Å²) in [5, 5.41) is 33.8. The molecular formula is C40H50N4O11S2. The maximum Gasteiger partial charge on any atom is 0.296 e. The molecule has 4 aromatic rings. The van der Waals surface area contributed by atoms with Crippen LogP contribution in [0.4, 0.5) is 22.7 Å². The van der Waals surface area contributed by atoms with Gasteiger partial charge in [0.1, 0.15) is 27.8 Å². The quantitative estimate of drug-likeness (QED) is 0.0188. The Hall–Kier alpha value is -5.10. The molecule has 15 nitrogen and oxygen atoms in total. The van der Waals surface area contributed by atoms with Gasteiger partial charge in [0, 0.05) is 24.8 Å². The van der Waals surface area contributed by atoms with Crippen molar-refractivity contribution in [3.05, 3.63) is 60.7 Å². The molecule has 0 heterocycles. The lowest BCUT2D eigenvalue weighted by molar-refractivity contribution is -0.116. The Balaban J connectivity index is 1.37. The van der Waals surface area contributed by atoms with Gasteiger partial charge in [-0.1, -0.05) is 84.0 Å². The highest BCUT2D eigenvalue weighted by atomic mass is 32.2. The Labute approximate surface area is 333 Å². The monoisotopic (exact) mass is 826 g/mol. The van der Waals surface area contributed by atoms with Gasteiger partial charge in [0.05, 0.1) is 22.0 Å². The second kappa shape index (κ2) is 20.9. The number of nitrogens with zero attached hydrogens (tertiary/aromatic N) is 2. The van der Waals surface area contributed by atoms with Crippen LogP contribution in [0.5, 0.6) is 23.0 Å². The molecule has 6 N–H and O–H groups in total. The van der Waals surface area contributed by atoms with Crippen molar-refractivity contribution >= 4 is 65.6 Å². The molecule has 0 saturated heterocycles. The molecule has 308 valence electrons. The van der Waals surface area contributed by atoms with E-state index in [2.05, 4.69) is 27.8 Å². The van der Waals surface area contributed by atoms with Gasteiger partial charge in [-0.15, -0.1) is 5.11 Å². The molecule has 0 atom stereocenters. The number of hydrogen-bond donors (Lipinski definition) is 6. The van der Waals surface area contributed by atoms with Crippen molar-refractivity contribution in [1.82, 2.24) is 0 Å². The number of fused-ring (bicyclic) bond motifs is 1. The van der Waals surface area contributed by atoms with Crippen LogP contribution in [0.25, 0.3) is 10.8 Å². The molecule has 0 saturated carbocycles. The van der Waals surface area contributed by atoms with Crippen molar-refractivity contribution < 1.29 is 50.5 Å². The third kappa shape index (κ3) is 13.8. The smallest absolute Gasteiger partial charge is 0.296 e. The SMILES string of the molecule is CCCCCCCCCCCCCCCC(=O)Nc1cc(Oc2ccc(N=Nc3c(S(=O)(=O)O)cc4cc(S(=O)(=O)O)cc(NC(C)=O)c4c3O)cc2)ccc1O. The third-order valence-electron chi connectivity index (χ3n) is 9.10. The minimum absolute atomic E-state index is 0.124. The van der Waals surface area contributed by atoms with Crippen LogP contribution in [0, 0.1) is 0 Å². The molecule has 0 aromatic heterocycles. The van der Waals surface area contributed by atoms with Gasteiger partial charge in [0.25, 0.3) is 20.2 Å². The first-order valence-electron chi connectivity index (χ1n) is 19.0. The summed E-state index contributed by atoms with van der Waals surface area (Å²) in [7, 11) is -9.92. The van der Waals surface area contributed by atoms with Crippen molar-refractivity contribution in [3.63, 3.8) is 0 Å². The van der Waals surface area contributed by atoms with E-state index in [1.807, 2.05) is 0 Å². The van der Waals surface area contributed by atoms with Crippen LogP contribution >= 0.6 is 0 Å². The highest BCUT2D eigenvalue weighted by Crippen LogP contribution is 2.45. The Kier molecular flexibility index (Phi) is 16.3. The molecule has 0 aliphatic rings. The number of phenols is 2. The van der Waals surface area contributed by atoms with Gasteiger partial charge < -0.3 is 25.6 Å². The highest BCUT2D eigenvalue weighted by Gasteiger charge is 2.26. The number of phenolic OH excluding ortho intramolecular Hbond substituents is 2. The average molecular weight is 827 g/mol. The number of rotatable bonds is 22. The second-order valence-electron chi connectivity index (χ2n) is 13.8. The number of nitrogens with one attached hydrogen (secondary N) is 2. The van der Waals surface area contributed by atoms with E-state index in [-0.39, 0.29) is 39.5 Å². The number of anilines is 2. The first-order chi connectivity index (χ1) is 27.1. The Morgan fingerprint density at radius 3 is 1.81 bits per heavy atom. The summed E-state index contributed by atoms with van der Waals surface area (Å²) in [6.07, 6.45) is 16.0. The van der Waals surface area contributed by atoms with E-state index in [1.54, 1.807) is 0 Å². The van der Waals surface area contributed by atoms with Crippen molar-refractivity contribution in [2.45, 2.75) is 114 Å². The Morgan fingerprint density at radius 2 is 1.25 bits per heavy atom. The number of amides is 2. The zero-order valence-corrected chi connectivity index (χ0v) is 33.7. The fraction of sp³-hybridized carbons (Fsp3) is 0.400. The standard InChI is InChI=1S/C40H50N4O11S2/c1-3-4-5-6-7-8-9-10-11-12-13-14-15-16-37(47)42-33-25-31(21-22-35(33)46)55-30-19-17-29(18-20-30)43-44-39-36(57(52,53)54)24-28-23-32(56(49,50)51)26-34(41-27(2)45)38(28)40(39)48/h17-26,46,48H,3-16H2,1-2H3,(H,41,45)(H,42,47)(H,49,50,51)(H,52,53,54). The molecule has 0 spiro atoms. The molecule has 0 fully saturated rings. The van der Waals surface area contributed by atoms with Gasteiger partial charge >= 0.3 is 0 Å². The van der Waals surface area contributed by atoms with Crippen LogP contribution in [-0.2, 0) is 29.8 Å². The van der Waals surface area contributed by atoms with E-state index >= 15 is 0 Å². The molecule has 4 aromatic carbocycles. The number of carbonyl (C=O) groups excluding carboxylic acids is 2. The number of azo groups is 1. The number of unbranched alkanes of at least 4 members (excludes halogenated alkanes) is 12. The molecule has 2 amide bonds. The van der Waals surface area contributed by atoms with Gasteiger partial charge in [0.15, 0.2) is 5.75 Å². The van der Waals surface area contributed by atoms with E-state index in [0.717, 1.165) is 50.8 Å². The minimum atomic E-state index is -5.08. The third-order valence-corrected chi connectivity index (χ3v) is 10.8. The second-order valence-corrected chi connectivity index (χ2v) is 16.6. The van der Waals surface area contributed by atoms with Crippen LogP contribution in [-0.4, -0.2) is 48.0 Å². The number of carbonyl (C=O) groups is 2. The van der Waals surface area contributed by atoms with Gasteiger partial charge in [-0.05, 0) is 66.4 Å². The first kappa shape index (κ1) is 44.6. The summed E-state index contributed by atoms with van der Waals surface area (Å²) < 4.78 is 73.7. The molecule has 4 rings (SSSR count). The van der Waals surface area contributed by atoms with Crippen molar-refractivity contribution in [1.29, 1.82) is 0 Å². The normalized spacial score (nSPS) is 11.9. The van der Waals surface area contributed by atoms with Crippen LogP contribution in [0.3, 0.4) is 0 Å². The van der Waals surface area contributed by atoms with Crippen LogP contribution < -0.4 is 15.4 Å². The van der Waals surface area contributed by atoms with E-state index < -0.39 is 47.4 Å². The first-order valence-corrected chi connectivity index (χ1v) is 21.8. The zero-order chi connectivity index (χ0) is 41.6. The predicted molar refractivity (Wildman–Crippen MR) is 217 cm³/mol. The lowest BCUT2D eigenvalue weighted by Crippen LogP contribution is -2.11. The van der Waals surface area contributed by atoms with E-state index in [4.69, 9.17) is 4.74 Å². The maximum absolute atomic E-state index is 12.6. The lowest BCUT2D eigenvalue weighted by atomic mass is 10.0. The van der Waals surface area contributed by atoms with Gasteiger partial charge in [0.2, 0.25) is 11.8 Å². The lowest BCUT2D eigenvalue weighted by Gasteiger charge is -2.14. The molecule has 0 aliphatic heterocycles. The largest absolute Gasteiger partial charge is 0.506 e. The fourth-order valence-corrected chi connectivity index (χ4v) is 7.41.